The summed E-state index contributed by atoms with van der Waals surface area (Å²) in [6.45, 7) is 2.46. The molecule has 0 aromatic heterocycles. The Morgan fingerprint density at radius 1 is 1.40 bits per heavy atom. The van der Waals surface area contributed by atoms with Gasteiger partial charge < -0.3 is 10.0 Å². The molecule has 5 heteroatoms. The largest absolute Gasteiger partial charge is 0.478 e. The average Bonchev–Trinajstić information content (AvgIpc) is 2.41. The molecule has 2 rings (SSSR count). The summed E-state index contributed by atoms with van der Waals surface area (Å²) in [6.07, 6.45) is 2.16. The number of carboxylic acids is 1. The first kappa shape index (κ1) is 14.9. The fourth-order valence-corrected chi connectivity index (χ4v) is 2.72. The molecule has 0 amide bonds. The van der Waals surface area contributed by atoms with Crippen LogP contribution >= 0.6 is 0 Å². The molecule has 1 aromatic carbocycles. The Bertz CT molecular complexity index is 483. The smallest absolute Gasteiger partial charge is 0.336 e. The molecule has 0 spiro atoms. The van der Waals surface area contributed by atoms with Crippen molar-refractivity contribution in [2.45, 2.75) is 25.4 Å². The van der Waals surface area contributed by atoms with E-state index in [9.17, 15) is 9.18 Å². The zero-order valence-electron chi connectivity index (χ0n) is 12.0. The minimum atomic E-state index is -1.07. The second kappa shape index (κ2) is 6.33. The van der Waals surface area contributed by atoms with E-state index in [-0.39, 0.29) is 5.56 Å². The van der Waals surface area contributed by atoms with Gasteiger partial charge in [-0.2, -0.15) is 0 Å². The molecular formula is C15H21FN2O2. The predicted octanol–water partition coefficient (Wildman–Crippen LogP) is 2.05. The number of aromatic carboxylic acids is 1. The molecule has 0 atom stereocenters. The van der Waals surface area contributed by atoms with Gasteiger partial charge >= 0.3 is 5.97 Å². The molecule has 1 N–H and O–H groups in total. The summed E-state index contributed by atoms with van der Waals surface area (Å²) in [5.41, 5.74) is 0.752. The summed E-state index contributed by atoms with van der Waals surface area (Å²) in [4.78, 5) is 15.6. The molecule has 0 unspecified atom stereocenters. The molecule has 1 fully saturated rings. The maximum absolute atomic E-state index is 13.1. The number of hydrogen-bond acceptors (Lipinski definition) is 3. The van der Waals surface area contributed by atoms with Crippen molar-refractivity contribution in [2.75, 3.05) is 27.2 Å². The van der Waals surface area contributed by atoms with Crippen LogP contribution in [0.2, 0.25) is 0 Å². The molecule has 1 heterocycles. The second-order valence-corrected chi connectivity index (χ2v) is 5.58. The van der Waals surface area contributed by atoms with Gasteiger partial charge in [-0.1, -0.05) is 6.07 Å². The van der Waals surface area contributed by atoms with Gasteiger partial charge in [0.25, 0.3) is 0 Å². The Morgan fingerprint density at radius 2 is 2.05 bits per heavy atom. The zero-order valence-corrected chi connectivity index (χ0v) is 12.0. The first-order valence-corrected chi connectivity index (χ1v) is 6.88. The van der Waals surface area contributed by atoms with Gasteiger partial charge in [0.2, 0.25) is 0 Å². The Kier molecular flexibility index (Phi) is 4.73. The summed E-state index contributed by atoms with van der Waals surface area (Å²) in [5.74, 6) is -1.57. The van der Waals surface area contributed by atoms with E-state index in [0.717, 1.165) is 32.0 Å². The van der Waals surface area contributed by atoms with Gasteiger partial charge in [-0.3, -0.25) is 4.90 Å². The van der Waals surface area contributed by atoms with Crippen molar-refractivity contribution in [3.05, 3.63) is 35.1 Å². The number of benzene rings is 1. The van der Waals surface area contributed by atoms with Crippen molar-refractivity contribution in [3.8, 4) is 0 Å². The van der Waals surface area contributed by atoms with Crippen LogP contribution in [0.4, 0.5) is 4.39 Å². The number of likely N-dealkylation sites (tertiary alicyclic amines) is 1. The number of hydrogen-bond donors (Lipinski definition) is 1. The molecule has 0 bridgehead atoms. The molecule has 0 radical (unpaired) electrons. The SMILES string of the molecule is CN(C)C1CCN(Cc2ccc(F)cc2C(=O)O)CC1. The van der Waals surface area contributed by atoms with Crippen molar-refractivity contribution in [1.29, 1.82) is 0 Å². The molecule has 110 valence electrons. The van der Waals surface area contributed by atoms with Gasteiger partial charge in [0.15, 0.2) is 0 Å². The van der Waals surface area contributed by atoms with E-state index in [0.29, 0.717) is 18.2 Å². The lowest BCUT2D eigenvalue weighted by atomic mass is 10.0. The summed E-state index contributed by atoms with van der Waals surface area (Å²) in [5, 5.41) is 9.14. The van der Waals surface area contributed by atoms with Crippen LogP contribution < -0.4 is 0 Å². The minimum absolute atomic E-state index is 0.0692. The molecule has 1 saturated heterocycles. The van der Waals surface area contributed by atoms with Crippen LogP contribution in [0.3, 0.4) is 0 Å². The lowest BCUT2D eigenvalue weighted by Crippen LogP contribution is -2.41. The third-order valence-corrected chi connectivity index (χ3v) is 3.98. The molecule has 1 aliphatic rings. The van der Waals surface area contributed by atoms with E-state index in [1.54, 1.807) is 6.07 Å². The van der Waals surface area contributed by atoms with Crippen LogP contribution in [0.5, 0.6) is 0 Å². The van der Waals surface area contributed by atoms with E-state index in [1.807, 2.05) is 0 Å². The minimum Gasteiger partial charge on any atom is -0.478 e. The van der Waals surface area contributed by atoms with Crippen LogP contribution in [0.25, 0.3) is 0 Å². The topological polar surface area (TPSA) is 43.8 Å². The lowest BCUT2D eigenvalue weighted by Gasteiger charge is -2.35. The molecule has 0 saturated carbocycles. The zero-order chi connectivity index (χ0) is 14.7. The first-order valence-electron chi connectivity index (χ1n) is 6.88. The van der Waals surface area contributed by atoms with Crippen molar-refractivity contribution < 1.29 is 14.3 Å². The van der Waals surface area contributed by atoms with Crippen LogP contribution in [0, 0.1) is 5.82 Å². The quantitative estimate of drug-likeness (QED) is 0.916. The lowest BCUT2D eigenvalue weighted by molar-refractivity contribution is 0.0692. The number of piperidine rings is 1. The van der Waals surface area contributed by atoms with Crippen LogP contribution in [-0.2, 0) is 6.54 Å². The van der Waals surface area contributed by atoms with E-state index < -0.39 is 11.8 Å². The van der Waals surface area contributed by atoms with E-state index >= 15 is 0 Å². The number of carboxylic acid groups (broad SMARTS) is 1. The van der Waals surface area contributed by atoms with Crippen molar-refractivity contribution in [3.63, 3.8) is 0 Å². The average molecular weight is 280 g/mol. The van der Waals surface area contributed by atoms with Gasteiger partial charge in [0.05, 0.1) is 5.56 Å². The number of rotatable bonds is 4. The summed E-state index contributed by atoms with van der Waals surface area (Å²) in [7, 11) is 4.17. The highest BCUT2D eigenvalue weighted by atomic mass is 19.1. The number of carbonyl (C=O) groups is 1. The highest BCUT2D eigenvalue weighted by Gasteiger charge is 2.22. The molecule has 20 heavy (non-hydrogen) atoms. The normalized spacial score (nSPS) is 17.6. The summed E-state index contributed by atoms with van der Waals surface area (Å²) >= 11 is 0. The van der Waals surface area contributed by atoms with Gasteiger partial charge in [-0.05, 0) is 57.7 Å². The third kappa shape index (κ3) is 3.55. The maximum atomic E-state index is 13.1. The molecule has 0 aliphatic carbocycles. The fraction of sp³-hybridized carbons (Fsp3) is 0.533. The molecular weight excluding hydrogens is 259 g/mol. The highest BCUT2D eigenvalue weighted by Crippen LogP contribution is 2.19. The predicted molar refractivity (Wildman–Crippen MR) is 75.3 cm³/mol. The van der Waals surface area contributed by atoms with Crippen LogP contribution in [0.15, 0.2) is 18.2 Å². The highest BCUT2D eigenvalue weighted by molar-refractivity contribution is 5.89. The molecule has 1 aliphatic heterocycles. The Balaban J connectivity index is 2.03. The monoisotopic (exact) mass is 280 g/mol. The van der Waals surface area contributed by atoms with E-state index in [2.05, 4.69) is 23.9 Å². The van der Waals surface area contributed by atoms with Crippen molar-refractivity contribution in [1.82, 2.24) is 9.80 Å². The Labute approximate surface area is 118 Å². The standard InChI is InChI=1S/C15H21FN2O2/c1-17(2)13-5-7-18(8-6-13)10-11-3-4-12(16)9-14(11)15(19)20/h3-4,9,13H,5-8,10H2,1-2H3,(H,19,20). The Hall–Kier alpha value is -1.46. The number of nitrogens with zero attached hydrogens (tertiary/aromatic N) is 2. The van der Waals surface area contributed by atoms with E-state index in [4.69, 9.17) is 5.11 Å². The van der Waals surface area contributed by atoms with Crippen LogP contribution in [0.1, 0.15) is 28.8 Å². The van der Waals surface area contributed by atoms with Gasteiger partial charge in [0.1, 0.15) is 5.82 Å². The van der Waals surface area contributed by atoms with Gasteiger partial charge in [0, 0.05) is 12.6 Å². The van der Waals surface area contributed by atoms with E-state index in [1.165, 1.54) is 6.07 Å². The summed E-state index contributed by atoms with van der Waals surface area (Å²) < 4.78 is 13.1. The fourth-order valence-electron chi connectivity index (χ4n) is 2.72. The second-order valence-electron chi connectivity index (χ2n) is 5.58. The number of halogens is 1. The summed E-state index contributed by atoms with van der Waals surface area (Å²) in [6, 6.07) is 4.61. The molecule has 4 nitrogen and oxygen atoms in total. The van der Waals surface area contributed by atoms with Gasteiger partial charge in [-0.15, -0.1) is 0 Å². The molecule has 1 aromatic rings. The van der Waals surface area contributed by atoms with Crippen molar-refractivity contribution >= 4 is 5.97 Å². The Morgan fingerprint density at radius 3 is 2.60 bits per heavy atom. The first-order chi connectivity index (χ1) is 9.47. The third-order valence-electron chi connectivity index (χ3n) is 3.98. The van der Waals surface area contributed by atoms with Gasteiger partial charge in [-0.25, -0.2) is 9.18 Å². The van der Waals surface area contributed by atoms with Crippen LogP contribution in [-0.4, -0.2) is 54.1 Å². The van der Waals surface area contributed by atoms with Crippen molar-refractivity contribution in [2.24, 2.45) is 0 Å². The maximum Gasteiger partial charge on any atom is 0.336 e.